The van der Waals surface area contributed by atoms with Crippen LogP contribution < -0.4 is 14.8 Å². The molecule has 0 amide bonds. The molecular formula is C18H21ClLiO3P. The molecule has 0 bridgehead atoms. The number of benzene rings is 2. The van der Waals surface area contributed by atoms with Crippen LogP contribution in [0.15, 0.2) is 42.5 Å². The zero-order chi connectivity index (χ0) is 17.0. The van der Waals surface area contributed by atoms with Gasteiger partial charge < -0.3 is 9.47 Å². The van der Waals surface area contributed by atoms with Crippen LogP contribution in [0.25, 0.3) is 0 Å². The standard InChI is InChI=1S/C18H20ClO3P.Li.H/c1-18(2,3)22-12-8-10-13(11-9-12)23-17(20)16-14(19)6-5-7-15(16)21-4;;/h5-11,23H,1-4H3;;. The molecule has 124 valence electrons. The first-order valence-corrected chi connectivity index (χ1v) is 8.61. The second-order valence-electron chi connectivity index (χ2n) is 6.01. The Balaban J connectivity index is 0.00000288. The third-order valence-corrected chi connectivity index (χ3v) is 4.37. The van der Waals surface area contributed by atoms with E-state index in [2.05, 4.69) is 0 Å². The fraction of sp³-hybridized carbons (Fsp3) is 0.278. The quantitative estimate of drug-likeness (QED) is 0.598. The Morgan fingerprint density at radius 1 is 1.08 bits per heavy atom. The summed E-state index contributed by atoms with van der Waals surface area (Å²) in [6.07, 6.45) is 0. The molecule has 0 spiro atoms. The van der Waals surface area contributed by atoms with Crippen molar-refractivity contribution in [3.05, 3.63) is 53.1 Å². The third-order valence-electron chi connectivity index (χ3n) is 2.96. The molecule has 2 rings (SSSR count). The van der Waals surface area contributed by atoms with E-state index in [1.807, 2.05) is 45.0 Å². The molecule has 0 aliphatic heterocycles. The second kappa shape index (κ2) is 8.93. The van der Waals surface area contributed by atoms with Crippen LogP contribution in [0, 0.1) is 0 Å². The number of rotatable bonds is 5. The van der Waals surface area contributed by atoms with Crippen molar-refractivity contribution >= 4 is 49.9 Å². The first-order chi connectivity index (χ1) is 10.8. The molecule has 1 atom stereocenters. The van der Waals surface area contributed by atoms with Crippen LogP contribution in [-0.4, -0.2) is 37.1 Å². The van der Waals surface area contributed by atoms with Crippen LogP contribution in [0.3, 0.4) is 0 Å². The SMILES string of the molecule is COc1cccc(Cl)c1C(=O)Pc1ccc(OC(C)(C)C)cc1.[LiH]. The third kappa shape index (κ3) is 5.83. The number of hydrogen-bond acceptors (Lipinski definition) is 3. The summed E-state index contributed by atoms with van der Waals surface area (Å²) < 4.78 is 11.0. The van der Waals surface area contributed by atoms with Gasteiger partial charge in [-0.1, -0.05) is 29.8 Å². The summed E-state index contributed by atoms with van der Waals surface area (Å²) in [7, 11) is 1.51. The zero-order valence-electron chi connectivity index (χ0n) is 13.6. The molecule has 0 heterocycles. The predicted octanol–water partition coefficient (Wildman–Crippen LogP) is 4.02. The monoisotopic (exact) mass is 358 g/mol. The Kier molecular flexibility index (Phi) is 7.84. The molecule has 2 aromatic rings. The summed E-state index contributed by atoms with van der Waals surface area (Å²) in [6.45, 7) is 5.99. The summed E-state index contributed by atoms with van der Waals surface area (Å²) in [5, 5.41) is 1.34. The first-order valence-electron chi connectivity index (χ1n) is 7.23. The predicted molar refractivity (Wildman–Crippen MR) is 104 cm³/mol. The molecule has 0 N–H and O–H groups in total. The van der Waals surface area contributed by atoms with E-state index in [9.17, 15) is 4.79 Å². The van der Waals surface area contributed by atoms with Gasteiger partial charge >= 0.3 is 18.9 Å². The van der Waals surface area contributed by atoms with Gasteiger partial charge in [0.15, 0.2) is 5.52 Å². The molecule has 0 saturated heterocycles. The Labute approximate surface area is 162 Å². The van der Waals surface area contributed by atoms with Gasteiger partial charge in [-0.3, -0.25) is 4.79 Å². The number of methoxy groups -OCH3 is 1. The normalized spacial score (nSPS) is 11.2. The van der Waals surface area contributed by atoms with Crippen molar-refractivity contribution in [2.24, 2.45) is 0 Å². The molecular weight excluding hydrogens is 338 g/mol. The summed E-state index contributed by atoms with van der Waals surface area (Å²) in [5.41, 5.74) is 0.145. The number of ether oxygens (including phenoxy) is 2. The molecule has 0 fully saturated rings. The zero-order valence-corrected chi connectivity index (χ0v) is 15.4. The Bertz CT molecular complexity index is 696. The van der Waals surface area contributed by atoms with Crippen molar-refractivity contribution in [2.75, 3.05) is 7.11 Å². The molecule has 3 nitrogen and oxygen atoms in total. The summed E-state index contributed by atoms with van der Waals surface area (Å²) in [5.74, 6) is 1.29. The van der Waals surface area contributed by atoms with Gasteiger partial charge in [0.1, 0.15) is 17.1 Å². The van der Waals surface area contributed by atoms with Gasteiger partial charge in [-0.25, -0.2) is 0 Å². The fourth-order valence-electron chi connectivity index (χ4n) is 2.05. The van der Waals surface area contributed by atoms with Crippen molar-refractivity contribution in [3.63, 3.8) is 0 Å². The molecule has 0 aliphatic rings. The number of carbonyl (C=O) groups excluding carboxylic acids is 1. The number of halogens is 1. The minimum absolute atomic E-state index is 0. The van der Waals surface area contributed by atoms with Gasteiger partial charge in [0.25, 0.3) is 0 Å². The van der Waals surface area contributed by atoms with Gasteiger partial charge in [-0.05, 0) is 58.9 Å². The van der Waals surface area contributed by atoms with E-state index in [0.29, 0.717) is 16.3 Å². The van der Waals surface area contributed by atoms with Gasteiger partial charge in [-0.2, -0.15) is 0 Å². The van der Waals surface area contributed by atoms with Gasteiger partial charge in [0.05, 0.1) is 17.7 Å². The maximum absolute atomic E-state index is 12.5. The van der Waals surface area contributed by atoms with E-state index in [1.54, 1.807) is 18.2 Å². The first kappa shape index (κ1) is 21.1. The molecule has 2 aromatic carbocycles. The van der Waals surface area contributed by atoms with Gasteiger partial charge in [0.2, 0.25) is 0 Å². The van der Waals surface area contributed by atoms with Crippen molar-refractivity contribution < 1.29 is 14.3 Å². The maximum atomic E-state index is 12.5. The Morgan fingerprint density at radius 2 is 1.71 bits per heavy atom. The van der Waals surface area contributed by atoms with Crippen molar-refractivity contribution in [3.8, 4) is 11.5 Å². The summed E-state index contributed by atoms with van der Waals surface area (Å²) >= 11 is 6.15. The summed E-state index contributed by atoms with van der Waals surface area (Å²) in [4.78, 5) is 12.5. The Hall–Kier alpha value is -0.973. The van der Waals surface area contributed by atoms with Crippen LogP contribution >= 0.6 is 20.2 Å². The van der Waals surface area contributed by atoms with Crippen LogP contribution in [0.5, 0.6) is 11.5 Å². The number of hydrogen-bond donors (Lipinski definition) is 0. The van der Waals surface area contributed by atoms with Crippen molar-refractivity contribution in [1.82, 2.24) is 0 Å². The molecule has 0 aliphatic carbocycles. The van der Waals surface area contributed by atoms with Crippen molar-refractivity contribution in [1.29, 1.82) is 0 Å². The minimum atomic E-state index is -0.245. The molecule has 0 radical (unpaired) electrons. The topological polar surface area (TPSA) is 35.5 Å². The van der Waals surface area contributed by atoms with Crippen LogP contribution in [-0.2, 0) is 0 Å². The molecule has 0 aromatic heterocycles. The van der Waals surface area contributed by atoms with E-state index in [1.165, 1.54) is 7.11 Å². The van der Waals surface area contributed by atoms with E-state index in [0.717, 1.165) is 11.1 Å². The molecule has 6 heteroatoms. The van der Waals surface area contributed by atoms with E-state index in [4.69, 9.17) is 21.1 Å². The van der Waals surface area contributed by atoms with E-state index < -0.39 is 0 Å². The Morgan fingerprint density at radius 3 is 2.25 bits per heavy atom. The van der Waals surface area contributed by atoms with Crippen LogP contribution in [0.4, 0.5) is 0 Å². The molecule has 0 saturated carbocycles. The van der Waals surface area contributed by atoms with Crippen LogP contribution in [0.1, 0.15) is 31.1 Å². The van der Waals surface area contributed by atoms with Crippen LogP contribution in [0.2, 0.25) is 5.02 Å². The summed E-state index contributed by atoms with van der Waals surface area (Å²) in [6, 6.07) is 12.8. The van der Waals surface area contributed by atoms with Crippen molar-refractivity contribution in [2.45, 2.75) is 26.4 Å². The van der Waals surface area contributed by atoms with Gasteiger partial charge in [-0.15, -0.1) is 0 Å². The van der Waals surface area contributed by atoms with Gasteiger partial charge in [0, 0.05) is 0 Å². The number of carbonyl (C=O) groups is 1. The van der Waals surface area contributed by atoms with E-state index >= 15 is 0 Å². The fourth-order valence-corrected chi connectivity index (χ4v) is 3.36. The second-order valence-corrected chi connectivity index (χ2v) is 7.70. The average molecular weight is 359 g/mol. The average Bonchev–Trinajstić information content (AvgIpc) is 2.47. The van der Waals surface area contributed by atoms with E-state index in [-0.39, 0.29) is 38.6 Å². The molecule has 1 unspecified atom stereocenters. The molecule has 24 heavy (non-hydrogen) atoms.